The number of hydrogen-bond donors (Lipinski definition) is 0. The van der Waals surface area contributed by atoms with Crippen LogP contribution in [0.15, 0.2) is 36.4 Å². The number of aromatic nitrogens is 3. The van der Waals surface area contributed by atoms with E-state index in [9.17, 15) is 0 Å². The summed E-state index contributed by atoms with van der Waals surface area (Å²) in [5, 5.41) is 17.5. The second kappa shape index (κ2) is 4.49. The van der Waals surface area contributed by atoms with Gasteiger partial charge in [0, 0.05) is 12.1 Å². The summed E-state index contributed by atoms with van der Waals surface area (Å²) in [6.07, 6.45) is 0. The van der Waals surface area contributed by atoms with Gasteiger partial charge in [-0.3, -0.25) is 0 Å². The Morgan fingerprint density at radius 3 is 2.86 bits per heavy atom. The van der Waals surface area contributed by atoms with Crippen LogP contribution in [-0.4, -0.2) is 21.8 Å². The molecule has 0 aliphatic carbocycles. The van der Waals surface area contributed by atoms with Crippen LogP contribution in [0.3, 0.4) is 0 Å². The summed E-state index contributed by atoms with van der Waals surface area (Å²) in [6, 6.07) is 13.3. The largest absolute Gasteiger partial charge is 0.454 e. The number of benzene rings is 2. The Hall–Kier alpha value is -3.07. The minimum Gasteiger partial charge on any atom is -0.454 e. The molecule has 0 fully saturated rings. The summed E-state index contributed by atoms with van der Waals surface area (Å²) in [6.45, 7) is 0.715. The van der Waals surface area contributed by atoms with E-state index in [0.717, 1.165) is 16.6 Å². The van der Waals surface area contributed by atoms with E-state index in [4.69, 9.17) is 14.7 Å². The molecule has 0 saturated carbocycles. The lowest BCUT2D eigenvalue weighted by molar-refractivity contribution is 0.174. The van der Waals surface area contributed by atoms with Gasteiger partial charge >= 0.3 is 0 Å². The van der Waals surface area contributed by atoms with Crippen LogP contribution in [0.4, 0.5) is 0 Å². The SMILES string of the molecule is N#Cc1ccccc1Cn1nnc2cc3c(cc21)OCO3. The molecule has 0 amide bonds. The smallest absolute Gasteiger partial charge is 0.231 e. The van der Waals surface area contributed by atoms with Crippen molar-refractivity contribution < 1.29 is 9.47 Å². The standard InChI is InChI=1S/C15H10N4O2/c16-7-10-3-1-2-4-11(10)8-19-13-6-15-14(20-9-21-15)5-12(13)17-18-19/h1-6H,8-9H2. The highest BCUT2D eigenvalue weighted by molar-refractivity contribution is 5.79. The van der Waals surface area contributed by atoms with Gasteiger partial charge in [-0.05, 0) is 11.6 Å². The molecule has 1 aliphatic rings. The van der Waals surface area contributed by atoms with Crippen molar-refractivity contribution in [3.8, 4) is 17.6 Å². The van der Waals surface area contributed by atoms with Gasteiger partial charge in [-0.15, -0.1) is 5.10 Å². The van der Waals surface area contributed by atoms with E-state index in [1.165, 1.54) is 0 Å². The van der Waals surface area contributed by atoms with Crippen LogP contribution in [0.5, 0.6) is 11.5 Å². The van der Waals surface area contributed by atoms with Gasteiger partial charge in [0.05, 0.1) is 23.7 Å². The Labute approximate surface area is 120 Å². The monoisotopic (exact) mass is 278 g/mol. The summed E-state index contributed by atoms with van der Waals surface area (Å²) < 4.78 is 12.5. The minimum absolute atomic E-state index is 0.229. The van der Waals surface area contributed by atoms with Gasteiger partial charge in [0.2, 0.25) is 6.79 Å². The topological polar surface area (TPSA) is 73.0 Å². The third-order valence-corrected chi connectivity index (χ3v) is 3.47. The Balaban J connectivity index is 1.79. The van der Waals surface area contributed by atoms with E-state index in [1.807, 2.05) is 30.3 Å². The molecule has 0 spiro atoms. The van der Waals surface area contributed by atoms with Crippen molar-refractivity contribution in [1.29, 1.82) is 5.26 Å². The molecule has 0 bridgehead atoms. The first-order valence-corrected chi connectivity index (χ1v) is 6.46. The molecule has 0 unspecified atom stereocenters. The Morgan fingerprint density at radius 2 is 2.00 bits per heavy atom. The van der Waals surface area contributed by atoms with E-state index in [-0.39, 0.29) is 6.79 Å². The fraction of sp³-hybridized carbons (Fsp3) is 0.133. The van der Waals surface area contributed by atoms with Gasteiger partial charge in [0.1, 0.15) is 5.52 Å². The lowest BCUT2D eigenvalue weighted by atomic mass is 10.1. The van der Waals surface area contributed by atoms with Crippen molar-refractivity contribution in [3.63, 3.8) is 0 Å². The molecule has 0 N–H and O–H groups in total. The first kappa shape index (κ1) is 11.7. The molecule has 3 aromatic rings. The molecular weight excluding hydrogens is 268 g/mol. The third-order valence-electron chi connectivity index (χ3n) is 3.47. The zero-order valence-corrected chi connectivity index (χ0v) is 11.0. The summed E-state index contributed by atoms with van der Waals surface area (Å²) >= 11 is 0. The van der Waals surface area contributed by atoms with Crippen LogP contribution in [0.1, 0.15) is 11.1 Å². The van der Waals surface area contributed by atoms with Crippen LogP contribution in [0, 0.1) is 11.3 Å². The van der Waals surface area contributed by atoms with E-state index in [0.29, 0.717) is 23.6 Å². The second-order valence-corrected chi connectivity index (χ2v) is 4.71. The molecule has 21 heavy (non-hydrogen) atoms. The van der Waals surface area contributed by atoms with Crippen molar-refractivity contribution in [1.82, 2.24) is 15.0 Å². The summed E-state index contributed by atoms with van der Waals surface area (Å²) in [4.78, 5) is 0. The molecule has 1 aliphatic heterocycles. The molecule has 1 aromatic heterocycles. The Kier molecular flexibility index (Phi) is 2.51. The number of hydrogen-bond acceptors (Lipinski definition) is 5. The van der Waals surface area contributed by atoms with Crippen LogP contribution < -0.4 is 9.47 Å². The van der Waals surface area contributed by atoms with Crippen molar-refractivity contribution in [2.45, 2.75) is 6.54 Å². The average molecular weight is 278 g/mol. The highest BCUT2D eigenvalue weighted by atomic mass is 16.7. The van der Waals surface area contributed by atoms with Gasteiger partial charge in [0.25, 0.3) is 0 Å². The van der Waals surface area contributed by atoms with E-state index < -0.39 is 0 Å². The molecule has 6 heteroatoms. The highest BCUT2D eigenvalue weighted by Crippen LogP contribution is 2.35. The average Bonchev–Trinajstić information content (AvgIpc) is 3.12. The number of nitriles is 1. The first-order valence-electron chi connectivity index (χ1n) is 6.46. The fourth-order valence-corrected chi connectivity index (χ4v) is 2.40. The predicted molar refractivity (Wildman–Crippen MR) is 73.9 cm³/mol. The van der Waals surface area contributed by atoms with E-state index >= 15 is 0 Å². The van der Waals surface area contributed by atoms with Gasteiger partial charge in [-0.25, -0.2) is 4.68 Å². The molecule has 2 aromatic carbocycles. The second-order valence-electron chi connectivity index (χ2n) is 4.71. The zero-order chi connectivity index (χ0) is 14.2. The molecular formula is C15H10N4O2. The number of fused-ring (bicyclic) bond motifs is 2. The number of rotatable bonds is 2. The lowest BCUT2D eigenvalue weighted by Crippen LogP contribution is -2.03. The maximum absolute atomic E-state index is 9.16. The van der Waals surface area contributed by atoms with Gasteiger partial charge in [-0.2, -0.15) is 5.26 Å². The summed E-state index contributed by atoms with van der Waals surface area (Å²) in [5.41, 5.74) is 3.15. The Bertz CT molecular complexity index is 879. The van der Waals surface area contributed by atoms with Crippen molar-refractivity contribution >= 4 is 11.0 Å². The Morgan fingerprint density at radius 1 is 1.19 bits per heavy atom. The van der Waals surface area contributed by atoms with Crippen LogP contribution >= 0.6 is 0 Å². The van der Waals surface area contributed by atoms with Gasteiger partial charge < -0.3 is 9.47 Å². The number of ether oxygens (including phenoxy) is 2. The normalized spacial score (nSPS) is 12.5. The van der Waals surface area contributed by atoms with Gasteiger partial charge in [-0.1, -0.05) is 23.4 Å². The van der Waals surface area contributed by atoms with Crippen LogP contribution in [-0.2, 0) is 6.54 Å². The predicted octanol–water partition coefficient (Wildman–Crippen LogP) is 2.08. The molecule has 6 nitrogen and oxygen atoms in total. The molecule has 2 heterocycles. The third kappa shape index (κ3) is 1.87. The van der Waals surface area contributed by atoms with Crippen LogP contribution in [0.2, 0.25) is 0 Å². The molecule has 102 valence electrons. The maximum Gasteiger partial charge on any atom is 0.231 e. The fourth-order valence-electron chi connectivity index (χ4n) is 2.40. The molecule has 0 radical (unpaired) electrons. The zero-order valence-electron chi connectivity index (χ0n) is 11.0. The van der Waals surface area contributed by atoms with Gasteiger partial charge in [0.15, 0.2) is 11.5 Å². The molecule has 0 atom stereocenters. The van der Waals surface area contributed by atoms with Crippen molar-refractivity contribution in [3.05, 3.63) is 47.5 Å². The van der Waals surface area contributed by atoms with Crippen LogP contribution in [0.25, 0.3) is 11.0 Å². The van der Waals surface area contributed by atoms with Crippen molar-refractivity contribution in [2.75, 3.05) is 6.79 Å². The summed E-state index contributed by atoms with van der Waals surface area (Å²) in [7, 11) is 0. The first-order chi connectivity index (χ1) is 10.3. The maximum atomic E-state index is 9.16. The summed E-state index contributed by atoms with van der Waals surface area (Å²) in [5.74, 6) is 1.38. The lowest BCUT2D eigenvalue weighted by Gasteiger charge is -2.05. The molecule has 0 saturated heterocycles. The minimum atomic E-state index is 0.229. The quantitative estimate of drug-likeness (QED) is 0.717. The van der Waals surface area contributed by atoms with Crippen molar-refractivity contribution in [2.24, 2.45) is 0 Å². The van der Waals surface area contributed by atoms with E-state index in [1.54, 1.807) is 10.7 Å². The highest BCUT2D eigenvalue weighted by Gasteiger charge is 2.17. The van der Waals surface area contributed by atoms with E-state index in [2.05, 4.69) is 16.4 Å². The number of nitrogens with zero attached hydrogens (tertiary/aromatic N) is 4. The molecule has 4 rings (SSSR count).